The Labute approximate surface area is 233 Å². The third-order valence-electron chi connectivity index (χ3n) is 5.67. The molecule has 2 aromatic heterocycles. The number of anilines is 4. The average molecular weight is 548 g/mol. The number of methoxy groups -OCH3 is 1. The van der Waals surface area contributed by atoms with Crippen LogP contribution in [0.25, 0.3) is 21.7 Å². The van der Waals surface area contributed by atoms with E-state index in [1.807, 2.05) is 30.3 Å². The molecule has 0 fully saturated rings. The number of ether oxygens (including phenoxy) is 1. The van der Waals surface area contributed by atoms with Crippen LogP contribution in [-0.4, -0.2) is 34.3 Å². The van der Waals surface area contributed by atoms with Gasteiger partial charge in [0.15, 0.2) is 16.6 Å². The molecule has 11 heteroatoms. The summed E-state index contributed by atoms with van der Waals surface area (Å²) in [6.07, 6.45) is 0. The molecular weight excluding hydrogens is 526 g/mol. The molecule has 0 spiro atoms. The molecule has 0 aliphatic carbocycles. The first-order chi connectivity index (χ1) is 19.5. The molecule has 196 valence electrons. The first-order valence-corrected chi connectivity index (χ1v) is 12.8. The minimum absolute atomic E-state index is 0.139. The van der Waals surface area contributed by atoms with Crippen molar-refractivity contribution in [3.63, 3.8) is 0 Å². The fourth-order valence-electron chi connectivity index (χ4n) is 3.75. The summed E-state index contributed by atoms with van der Waals surface area (Å²) in [6.45, 7) is 0. The van der Waals surface area contributed by atoms with E-state index in [1.165, 1.54) is 18.4 Å². The molecule has 5 rings (SSSR count). The van der Waals surface area contributed by atoms with Gasteiger partial charge < -0.3 is 15.4 Å². The van der Waals surface area contributed by atoms with Gasteiger partial charge in [-0.05, 0) is 42.0 Å². The van der Waals surface area contributed by atoms with Crippen LogP contribution in [0.15, 0.2) is 91.0 Å². The number of rotatable bonds is 7. The molecule has 0 saturated heterocycles. The largest absolute Gasteiger partial charge is 0.464 e. The number of carbonyl (C=O) groups excluding carboxylic acids is 2. The molecule has 0 aliphatic heterocycles. The molecule has 5 aromatic rings. The van der Waals surface area contributed by atoms with E-state index in [2.05, 4.69) is 37.2 Å². The summed E-state index contributed by atoms with van der Waals surface area (Å²) in [7, 11) is 1.29. The Hall–Kier alpha value is -5.60. The van der Waals surface area contributed by atoms with Gasteiger partial charge in [-0.2, -0.15) is 5.26 Å². The van der Waals surface area contributed by atoms with Crippen molar-refractivity contribution in [1.82, 2.24) is 15.2 Å². The summed E-state index contributed by atoms with van der Waals surface area (Å²) >= 11 is 1.24. The van der Waals surface area contributed by atoms with Gasteiger partial charge in [-0.1, -0.05) is 65.9 Å². The SMILES string of the molecule is COC(=O)c1nc(Nc2ccccc2NC(=O)Nc2ccc(-c3ccccc3)nn2)sc1-c1ccc(C#N)cc1. The van der Waals surface area contributed by atoms with Crippen LogP contribution < -0.4 is 16.0 Å². The Morgan fingerprint density at radius 1 is 0.825 bits per heavy atom. The van der Waals surface area contributed by atoms with Crippen molar-refractivity contribution in [2.24, 2.45) is 0 Å². The van der Waals surface area contributed by atoms with Crippen molar-refractivity contribution in [3.05, 3.63) is 102 Å². The van der Waals surface area contributed by atoms with E-state index in [0.29, 0.717) is 32.6 Å². The van der Waals surface area contributed by atoms with Crippen molar-refractivity contribution >= 4 is 45.7 Å². The van der Waals surface area contributed by atoms with Crippen LogP contribution in [0.3, 0.4) is 0 Å². The summed E-state index contributed by atoms with van der Waals surface area (Å²) in [4.78, 5) is 30.2. The Kier molecular flexibility index (Phi) is 7.71. The number of aromatic nitrogens is 3. The Morgan fingerprint density at radius 3 is 2.23 bits per heavy atom. The number of esters is 1. The van der Waals surface area contributed by atoms with E-state index in [4.69, 9.17) is 10.00 Å². The third kappa shape index (κ3) is 5.93. The maximum absolute atomic E-state index is 12.8. The zero-order valence-corrected chi connectivity index (χ0v) is 21.9. The quantitative estimate of drug-likeness (QED) is 0.201. The lowest BCUT2D eigenvalue weighted by atomic mass is 10.1. The van der Waals surface area contributed by atoms with E-state index in [0.717, 1.165) is 11.1 Å². The average Bonchev–Trinajstić information content (AvgIpc) is 3.42. The van der Waals surface area contributed by atoms with Crippen LogP contribution >= 0.6 is 11.3 Å². The van der Waals surface area contributed by atoms with Crippen LogP contribution in [0.4, 0.5) is 27.1 Å². The highest BCUT2D eigenvalue weighted by atomic mass is 32.1. The topological polar surface area (TPSA) is 142 Å². The van der Waals surface area contributed by atoms with Crippen molar-refractivity contribution in [2.45, 2.75) is 0 Å². The lowest BCUT2D eigenvalue weighted by molar-refractivity contribution is 0.0596. The van der Waals surface area contributed by atoms with Crippen molar-refractivity contribution in [3.8, 4) is 27.8 Å². The highest BCUT2D eigenvalue weighted by Gasteiger charge is 2.21. The number of urea groups is 1. The van der Waals surface area contributed by atoms with Crippen LogP contribution in [-0.2, 0) is 4.74 Å². The van der Waals surface area contributed by atoms with Crippen molar-refractivity contribution < 1.29 is 14.3 Å². The number of nitrogens with one attached hydrogen (secondary N) is 3. The number of nitriles is 1. The van der Waals surface area contributed by atoms with Gasteiger partial charge in [-0.15, -0.1) is 10.2 Å². The summed E-state index contributed by atoms with van der Waals surface area (Å²) in [5.74, 6) is -0.300. The molecule has 0 unspecified atom stereocenters. The molecule has 0 aliphatic rings. The zero-order valence-electron chi connectivity index (χ0n) is 21.1. The number of hydrogen-bond acceptors (Lipinski definition) is 9. The molecule has 0 atom stereocenters. The fourth-order valence-corrected chi connectivity index (χ4v) is 4.72. The normalized spacial score (nSPS) is 10.3. The molecule has 3 N–H and O–H groups in total. The monoisotopic (exact) mass is 547 g/mol. The minimum atomic E-state index is -0.589. The Morgan fingerprint density at radius 2 is 1.55 bits per heavy atom. The van der Waals surface area contributed by atoms with Crippen molar-refractivity contribution in [2.75, 3.05) is 23.1 Å². The predicted molar refractivity (Wildman–Crippen MR) is 153 cm³/mol. The molecular formula is C29H21N7O3S. The highest BCUT2D eigenvalue weighted by Crippen LogP contribution is 2.36. The fraction of sp³-hybridized carbons (Fsp3) is 0.0345. The number of carbonyl (C=O) groups is 2. The second kappa shape index (κ2) is 11.8. The molecule has 0 saturated carbocycles. The lowest BCUT2D eigenvalue weighted by Gasteiger charge is -2.12. The molecule has 0 radical (unpaired) electrons. The Balaban J connectivity index is 1.32. The van der Waals surface area contributed by atoms with Crippen LogP contribution in [0, 0.1) is 11.3 Å². The maximum atomic E-state index is 12.8. The molecule has 0 bridgehead atoms. The summed E-state index contributed by atoms with van der Waals surface area (Å²) < 4.78 is 4.92. The van der Waals surface area contributed by atoms with Crippen molar-refractivity contribution in [1.29, 1.82) is 5.26 Å². The molecule has 2 heterocycles. The molecule has 3 aromatic carbocycles. The number of nitrogens with zero attached hydrogens (tertiary/aromatic N) is 4. The number of thiazole rings is 1. The highest BCUT2D eigenvalue weighted by molar-refractivity contribution is 7.19. The second-order valence-electron chi connectivity index (χ2n) is 8.30. The molecule has 40 heavy (non-hydrogen) atoms. The molecule has 2 amide bonds. The number of benzene rings is 3. The van der Waals surface area contributed by atoms with Gasteiger partial charge in [0, 0.05) is 5.56 Å². The number of hydrogen-bond donors (Lipinski definition) is 3. The van der Waals surface area contributed by atoms with Crippen LogP contribution in [0.2, 0.25) is 0 Å². The van der Waals surface area contributed by atoms with E-state index < -0.39 is 12.0 Å². The van der Waals surface area contributed by atoms with Gasteiger partial charge >= 0.3 is 12.0 Å². The van der Waals surface area contributed by atoms with Gasteiger partial charge in [-0.3, -0.25) is 5.32 Å². The summed E-state index contributed by atoms with van der Waals surface area (Å²) in [5.41, 5.74) is 4.00. The van der Waals surface area contributed by atoms with Crippen LogP contribution in [0.1, 0.15) is 16.1 Å². The standard InChI is InChI=1S/C29H21N7O3S/c1-39-27(37)25-26(20-13-11-18(17-30)12-14-20)40-29(34-25)32-23-10-6-5-9-22(23)31-28(38)33-24-16-15-21(35-36-24)19-7-3-2-4-8-19/h2-16H,1H3,(H,32,34)(H2,31,33,36,38). The van der Waals surface area contributed by atoms with Gasteiger partial charge in [0.2, 0.25) is 0 Å². The first-order valence-electron chi connectivity index (χ1n) is 12.0. The third-order valence-corrected chi connectivity index (χ3v) is 6.69. The van der Waals surface area contributed by atoms with E-state index in [9.17, 15) is 9.59 Å². The van der Waals surface area contributed by atoms with E-state index in [-0.39, 0.29) is 11.5 Å². The first kappa shape index (κ1) is 26.0. The Bertz CT molecular complexity index is 1700. The number of para-hydroxylation sites is 2. The molecule has 10 nitrogen and oxygen atoms in total. The summed E-state index contributed by atoms with van der Waals surface area (Å²) in [5, 5.41) is 26.4. The zero-order chi connectivity index (χ0) is 27.9. The van der Waals surface area contributed by atoms with Crippen LogP contribution in [0.5, 0.6) is 0 Å². The van der Waals surface area contributed by atoms with E-state index >= 15 is 0 Å². The van der Waals surface area contributed by atoms with Gasteiger partial charge in [0.25, 0.3) is 0 Å². The van der Waals surface area contributed by atoms with Gasteiger partial charge in [-0.25, -0.2) is 14.6 Å². The lowest BCUT2D eigenvalue weighted by Crippen LogP contribution is -2.21. The smallest absolute Gasteiger partial charge is 0.358 e. The maximum Gasteiger partial charge on any atom is 0.358 e. The van der Waals surface area contributed by atoms with E-state index in [1.54, 1.807) is 60.7 Å². The minimum Gasteiger partial charge on any atom is -0.464 e. The predicted octanol–water partition coefficient (Wildman–Crippen LogP) is 6.31. The van der Waals surface area contributed by atoms with Gasteiger partial charge in [0.1, 0.15) is 0 Å². The second-order valence-corrected chi connectivity index (χ2v) is 9.30. The van der Waals surface area contributed by atoms with Gasteiger partial charge in [0.05, 0.1) is 40.7 Å². The number of amides is 2. The summed E-state index contributed by atoms with van der Waals surface area (Å²) in [6, 6.07) is 28.5.